The minimum Gasteiger partial charge on any atom is -0.191 e. The summed E-state index contributed by atoms with van der Waals surface area (Å²) in [6.07, 6.45) is 0. The molecule has 1 aromatic rings. The minimum atomic E-state index is -0.00701. The first kappa shape index (κ1) is 12.5. The van der Waals surface area contributed by atoms with E-state index in [9.17, 15) is 0 Å². The summed E-state index contributed by atoms with van der Waals surface area (Å²) in [6.45, 7) is 8.39. The minimum absolute atomic E-state index is 0. The molecule has 0 saturated heterocycles. The summed E-state index contributed by atoms with van der Waals surface area (Å²) in [5.74, 6) is 1.85. The van der Waals surface area contributed by atoms with Crippen LogP contribution < -0.4 is 0 Å². The normalized spacial score (nSPS) is 15.3. The molecule has 0 amide bonds. The van der Waals surface area contributed by atoms with Crippen molar-refractivity contribution in [2.75, 3.05) is 5.75 Å². The van der Waals surface area contributed by atoms with E-state index < -0.39 is 0 Å². The molecule has 0 aliphatic carbocycles. The van der Waals surface area contributed by atoms with Crippen molar-refractivity contribution in [3.05, 3.63) is 5.82 Å². The van der Waals surface area contributed by atoms with Gasteiger partial charge in [0.1, 0.15) is 0 Å². The smallest absolute Gasteiger partial charge is 0.191 e. The number of halogens is 1. The van der Waals surface area contributed by atoms with Gasteiger partial charge in [0.2, 0.25) is 5.16 Å². The average Bonchev–Trinajstić information content (AvgIpc) is 2.45. The van der Waals surface area contributed by atoms with Crippen LogP contribution in [0.5, 0.6) is 0 Å². The summed E-state index contributed by atoms with van der Waals surface area (Å²) in [4.78, 5) is 0. The Morgan fingerprint density at radius 3 is 2.53 bits per heavy atom. The first-order valence-electron chi connectivity index (χ1n) is 4.61. The lowest BCUT2D eigenvalue weighted by molar-refractivity contribution is 0.509. The van der Waals surface area contributed by atoms with Gasteiger partial charge in [-0.25, -0.2) is 0 Å². The van der Waals surface area contributed by atoms with E-state index in [4.69, 9.17) is 0 Å². The van der Waals surface area contributed by atoms with Crippen LogP contribution >= 0.6 is 24.2 Å². The van der Waals surface area contributed by atoms with Gasteiger partial charge in [0, 0.05) is 16.9 Å². The van der Waals surface area contributed by atoms with Crippen LogP contribution in [0.15, 0.2) is 10.3 Å². The van der Waals surface area contributed by atoms with Gasteiger partial charge < -0.3 is 0 Å². The van der Waals surface area contributed by atoms with E-state index in [-0.39, 0.29) is 17.8 Å². The van der Waals surface area contributed by atoms with E-state index in [1.165, 1.54) is 0 Å². The van der Waals surface area contributed by atoms with Crippen LogP contribution in [0.4, 0.5) is 0 Å². The summed E-state index contributed by atoms with van der Waals surface area (Å²) in [7, 11) is 0. The van der Waals surface area contributed by atoms with E-state index in [1.54, 1.807) is 11.8 Å². The lowest BCUT2D eigenvalue weighted by Crippen LogP contribution is -2.20. The van der Waals surface area contributed by atoms with E-state index in [0.29, 0.717) is 0 Å². The Kier molecular flexibility index (Phi) is 3.45. The van der Waals surface area contributed by atoms with Gasteiger partial charge >= 0.3 is 0 Å². The molecule has 2 heterocycles. The zero-order valence-electron chi connectivity index (χ0n) is 9.31. The maximum atomic E-state index is 4.46. The van der Waals surface area contributed by atoms with E-state index in [0.717, 1.165) is 22.4 Å². The molecule has 0 N–H and O–H groups in total. The molecule has 15 heavy (non-hydrogen) atoms. The number of thioether (sulfide) groups is 1. The van der Waals surface area contributed by atoms with Crippen molar-refractivity contribution in [1.82, 2.24) is 14.9 Å². The van der Waals surface area contributed by atoms with Gasteiger partial charge in [-0.05, 0) is 6.92 Å². The van der Waals surface area contributed by atoms with Gasteiger partial charge in [-0.1, -0.05) is 32.5 Å². The number of aromatic nitrogens is 3. The van der Waals surface area contributed by atoms with Crippen LogP contribution in [0.25, 0.3) is 0 Å². The number of fused-ring (bicyclic) bond motifs is 1. The van der Waals surface area contributed by atoms with Crippen LogP contribution in [0, 0.1) is 0 Å². The lowest BCUT2D eigenvalue weighted by Gasteiger charge is -2.18. The molecule has 4 nitrogen and oxygen atoms in total. The molecule has 0 unspecified atom stereocenters. The Balaban J connectivity index is 0.00000112. The third-order valence-corrected chi connectivity index (χ3v) is 3.04. The predicted molar refractivity (Wildman–Crippen MR) is 65.2 cm³/mol. The van der Waals surface area contributed by atoms with Crippen molar-refractivity contribution in [1.29, 1.82) is 0 Å². The van der Waals surface area contributed by atoms with Gasteiger partial charge in [0.15, 0.2) is 5.82 Å². The first-order chi connectivity index (χ1) is 6.48. The summed E-state index contributed by atoms with van der Waals surface area (Å²) in [5, 5.41) is 13.7. The largest absolute Gasteiger partial charge is 0.212 e. The fourth-order valence-electron chi connectivity index (χ4n) is 1.28. The Morgan fingerprint density at radius 1 is 1.27 bits per heavy atom. The fourth-order valence-corrected chi connectivity index (χ4v) is 2.03. The fraction of sp³-hybridized carbons (Fsp3) is 0.667. The van der Waals surface area contributed by atoms with Crippen molar-refractivity contribution < 1.29 is 0 Å². The Bertz CT molecular complexity index is 391. The average molecular weight is 247 g/mol. The van der Waals surface area contributed by atoms with Gasteiger partial charge in [-0.3, -0.25) is 0 Å². The molecule has 6 heteroatoms. The topological polar surface area (TPSA) is 43.1 Å². The molecule has 0 radical (unpaired) electrons. The number of rotatable bonds is 0. The highest BCUT2D eigenvalue weighted by Crippen LogP contribution is 2.27. The number of nitrogens with zero attached hydrogens (tertiary/aromatic N) is 4. The molecular weight excluding hydrogens is 232 g/mol. The molecule has 2 rings (SSSR count). The third kappa shape index (κ3) is 2.34. The zero-order chi connectivity index (χ0) is 10.3. The Hall–Kier alpha value is -0.550. The van der Waals surface area contributed by atoms with Crippen molar-refractivity contribution >= 4 is 29.9 Å². The molecule has 0 saturated carbocycles. The van der Waals surface area contributed by atoms with Crippen LogP contribution in [-0.4, -0.2) is 26.3 Å². The maximum absolute atomic E-state index is 4.46. The Morgan fingerprint density at radius 2 is 1.93 bits per heavy atom. The van der Waals surface area contributed by atoms with Crippen molar-refractivity contribution in [2.45, 2.75) is 38.3 Å². The first-order valence-corrected chi connectivity index (χ1v) is 5.60. The highest BCUT2D eigenvalue weighted by Gasteiger charge is 2.25. The molecule has 0 bridgehead atoms. The Labute approximate surface area is 99.9 Å². The molecule has 1 aromatic heterocycles. The highest BCUT2D eigenvalue weighted by molar-refractivity contribution is 7.99. The van der Waals surface area contributed by atoms with Crippen molar-refractivity contribution in [2.24, 2.45) is 5.10 Å². The van der Waals surface area contributed by atoms with Gasteiger partial charge in [-0.2, -0.15) is 9.78 Å². The second-order valence-electron chi connectivity index (χ2n) is 4.49. The van der Waals surface area contributed by atoms with Gasteiger partial charge in [0.25, 0.3) is 0 Å². The lowest BCUT2D eigenvalue weighted by atomic mass is 9.96. The number of hydrogen-bond acceptors (Lipinski definition) is 4. The zero-order valence-corrected chi connectivity index (χ0v) is 10.9. The van der Waals surface area contributed by atoms with E-state index in [2.05, 4.69) is 36.1 Å². The predicted octanol–water partition coefficient (Wildman–Crippen LogP) is 2.33. The molecule has 0 fully saturated rings. The molecule has 84 valence electrons. The highest BCUT2D eigenvalue weighted by atomic mass is 35.5. The molecule has 0 spiro atoms. The molecule has 1 aliphatic rings. The van der Waals surface area contributed by atoms with Gasteiger partial charge in [0.05, 0.1) is 0 Å². The van der Waals surface area contributed by atoms with Crippen molar-refractivity contribution in [3.63, 3.8) is 0 Å². The summed E-state index contributed by atoms with van der Waals surface area (Å²) < 4.78 is 1.86. The maximum Gasteiger partial charge on any atom is 0.212 e. The summed E-state index contributed by atoms with van der Waals surface area (Å²) >= 11 is 1.69. The molecule has 0 atom stereocenters. The van der Waals surface area contributed by atoms with E-state index in [1.807, 2.05) is 11.6 Å². The summed E-state index contributed by atoms with van der Waals surface area (Å²) in [6, 6.07) is 0. The monoisotopic (exact) mass is 246 g/mol. The van der Waals surface area contributed by atoms with Crippen LogP contribution in [0.2, 0.25) is 0 Å². The number of hydrogen-bond donors (Lipinski definition) is 0. The van der Waals surface area contributed by atoms with Crippen LogP contribution in [0.3, 0.4) is 0 Å². The third-order valence-electron chi connectivity index (χ3n) is 1.96. The molecular formula is C9H15ClN4S. The second-order valence-corrected chi connectivity index (χ2v) is 5.43. The SMILES string of the molecule is CC1=Nn2c(nnc2C(C)(C)C)SC1.Cl. The van der Waals surface area contributed by atoms with Gasteiger partial charge in [-0.15, -0.1) is 22.6 Å². The standard InChI is InChI=1S/C9H14N4S.ClH/c1-6-5-14-8-11-10-7(9(2,3)4)13(8)12-6;/h5H2,1-4H3;1H. The van der Waals surface area contributed by atoms with Crippen LogP contribution in [0.1, 0.15) is 33.5 Å². The quantitative estimate of drug-likeness (QED) is 0.706. The second kappa shape index (κ2) is 4.14. The summed E-state index contributed by atoms with van der Waals surface area (Å²) in [5.41, 5.74) is 1.11. The van der Waals surface area contributed by atoms with E-state index >= 15 is 0 Å². The van der Waals surface area contributed by atoms with Crippen molar-refractivity contribution in [3.8, 4) is 0 Å². The molecule has 0 aromatic carbocycles. The molecule has 1 aliphatic heterocycles. The van der Waals surface area contributed by atoms with Crippen LogP contribution in [-0.2, 0) is 5.41 Å².